The Morgan fingerprint density at radius 2 is 1.80 bits per heavy atom. The number of rotatable bonds is 3. The first-order chi connectivity index (χ1) is 7.02. The van der Waals surface area contributed by atoms with Gasteiger partial charge in [0, 0.05) is 13.1 Å². The smallest absolute Gasteiger partial charge is 0.315 e. The number of nitrogens with zero attached hydrogens (tertiary/aromatic N) is 1. The second kappa shape index (κ2) is 5.04. The first-order valence-corrected chi connectivity index (χ1v) is 4.89. The van der Waals surface area contributed by atoms with Gasteiger partial charge in [0.1, 0.15) is 6.04 Å². The van der Waals surface area contributed by atoms with Gasteiger partial charge in [-0.15, -0.1) is 0 Å². The molecular weight excluding hydrogens is 206 g/mol. The van der Waals surface area contributed by atoms with Gasteiger partial charge in [0.25, 0.3) is 5.91 Å². The van der Waals surface area contributed by atoms with Gasteiger partial charge in [-0.3, -0.25) is 9.59 Å². The van der Waals surface area contributed by atoms with Crippen molar-refractivity contribution in [3.05, 3.63) is 0 Å². The number of halogens is 2. The van der Waals surface area contributed by atoms with Crippen molar-refractivity contribution < 1.29 is 18.4 Å². The molecule has 0 radical (unpaired) electrons. The van der Waals surface area contributed by atoms with E-state index in [4.69, 9.17) is 0 Å². The van der Waals surface area contributed by atoms with E-state index in [-0.39, 0.29) is 5.91 Å². The molecule has 0 aromatic carbocycles. The Labute approximate surface area is 86.6 Å². The van der Waals surface area contributed by atoms with Crippen molar-refractivity contribution >= 4 is 11.8 Å². The number of alkyl halides is 2. The summed E-state index contributed by atoms with van der Waals surface area (Å²) >= 11 is 0. The Hall–Kier alpha value is -1.20. The highest BCUT2D eigenvalue weighted by atomic mass is 19.3. The van der Waals surface area contributed by atoms with E-state index in [1.165, 1.54) is 6.92 Å². The SMILES string of the molecule is CC(NC(=O)C(F)F)C(=O)N1CCCC1. The summed E-state index contributed by atoms with van der Waals surface area (Å²) in [6, 6.07) is -0.871. The van der Waals surface area contributed by atoms with Crippen LogP contribution in [0.3, 0.4) is 0 Å². The van der Waals surface area contributed by atoms with E-state index in [1.54, 1.807) is 4.90 Å². The Morgan fingerprint density at radius 3 is 2.27 bits per heavy atom. The molecule has 0 spiro atoms. The van der Waals surface area contributed by atoms with E-state index < -0.39 is 18.4 Å². The van der Waals surface area contributed by atoms with Crippen molar-refractivity contribution in [2.45, 2.75) is 32.2 Å². The number of hydrogen-bond acceptors (Lipinski definition) is 2. The molecule has 0 saturated carbocycles. The molecule has 0 bridgehead atoms. The molecule has 1 heterocycles. The molecular formula is C9H14F2N2O2. The molecule has 1 aliphatic heterocycles. The molecule has 1 rings (SSSR count). The molecule has 1 unspecified atom stereocenters. The van der Waals surface area contributed by atoms with Crippen molar-refractivity contribution in [2.75, 3.05) is 13.1 Å². The minimum atomic E-state index is -3.07. The second-order valence-electron chi connectivity index (χ2n) is 3.56. The van der Waals surface area contributed by atoms with E-state index >= 15 is 0 Å². The molecule has 1 fully saturated rings. The topological polar surface area (TPSA) is 49.4 Å². The Balaban J connectivity index is 2.42. The largest absolute Gasteiger partial charge is 0.341 e. The molecule has 6 heteroatoms. The van der Waals surface area contributed by atoms with Crippen LogP contribution in [-0.2, 0) is 9.59 Å². The number of likely N-dealkylation sites (tertiary alicyclic amines) is 1. The van der Waals surface area contributed by atoms with Crippen molar-refractivity contribution in [1.29, 1.82) is 0 Å². The molecule has 2 amide bonds. The van der Waals surface area contributed by atoms with Crippen molar-refractivity contribution in [1.82, 2.24) is 10.2 Å². The maximum absolute atomic E-state index is 11.9. The fourth-order valence-corrected chi connectivity index (χ4v) is 1.55. The van der Waals surface area contributed by atoms with Crippen molar-refractivity contribution in [3.63, 3.8) is 0 Å². The molecule has 1 aliphatic rings. The second-order valence-corrected chi connectivity index (χ2v) is 3.56. The lowest BCUT2D eigenvalue weighted by molar-refractivity contribution is -0.139. The van der Waals surface area contributed by atoms with Crippen LogP contribution in [0, 0.1) is 0 Å². The molecule has 1 saturated heterocycles. The van der Waals surface area contributed by atoms with Gasteiger partial charge >= 0.3 is 6.43 Å². The summed E-state index contributed by atoms with van der Waals surface area (Å²) in [5, 5.41) is 1.98. The van der Waals surface area contributed by atoms with Gasteiger partial charge in [0.2, 0.25) is 5.91 Å². The number of carbonyl (C=O) groups excluding carboxylic acids is 2. The Kier molecular flexibility index (Phi) is 3.99. The van der Waals surface area contributed by atoms with Gasteiger partial charge in [-0.2, -0.15) is 8.78 Å². The van der Waals surface area contributed by atoms with Crippen LogP contribution in [0.2, 0.25) is 0 Å². The summed E-state index contributed by atoms with van der Waals surface area (Å²) in [4.78, 5) is 23.8. The fraction of sp³-hybridized carbons (Fsp3) is 0.778. The van der Waals surface area contributed by atoms with Gasteiger partial charge in [-0.25, -0.2) is 0 Å². The maximum Gasteiger partial charge on any atom is 0.315 e. The number of carbonyl (C=O) groups is 2. The zero-order valence-electron chi connectivity index (χ0n) is 8.50. The van der Waals surface area contributed by atoms with Gasteiger partial charge in [-0.1, -0.05) is 0 Å². The summed E-state index contributed by atoms with van der Waals surface area (Å²) in [5.74, 6) is -1.68. The van der Waals surface area contributed by atoms with E-state index in [0.29, 0.717) is 13.1 Å². The summed E-state index contributed by atoms with van der Waals surface area (Å²) in [6.45, 7) is 2.71. The third kappa shape index (κ3) is 3.14. The fourth-order valence-electron chi connectivity index (χ4n) is 1.55. The zero-order valence-corrected chi connectivity index (χ0v) is 8.50. The predicted octanol–water partition coefficient (Wildman–Crippen LogP) is 0.379. The number of hydrogen-bond donors (Lipinski definition) is 1. The van der Waals surface area contributed by atoms with Crippen LogP contribution >= 0.6 is 0 Å². The van der Waals surface area contributed by atoms with E-state index in [0.717, 1.165) is 12.8 Å². The summed E-state index contributed by atoms with van der Waals surface area (Å²) in [6.07, 6.45) is -1.21. The van der Waals surface area contributed by atoms with E-state index in [2.05, 4.69) is 0 Å². The molecule has 0 aromatic heterocycles. The zero-order chi connectivity index (χ0) is 11.4. The summed E-state index contributed by atoms with van der Waals surface area (Å²) in [5.41, 5.74) is 0. The van der Waals surface area contributed by atoms with Gasteiger partial charge in [-0.05, 0) is 19.8 Å². The first-order valence-electron chi connectivity index (χ1n) is 4.89. The number of amides is 2. The van der Waals surface area contributed by atoms with Gasteiger partial charge < -0.3 is 10.2 Å². The average molecular weight is 220 g/mol. The highest BCUT2D eigenvalue weighted by molar-refractivity contribution is 5.88. The van der Waals surface area contributed by atoms with E-state index in [9.17, 15) is 18.4 Å². The van der Waals surface area contributed by atoms with Gasteiger partial charge in [0.05, 0.1) is 0 Å². The minimum Gasteiger partial charge on any atom is -0.341 e. The monoisotopic (exact) mass is 220 g/mol. The van der Waals surface area contributed by atoms with Crippen LogP contribution in [0.25, 0.3) is 0 Å². The van der Waals surface area contributed by atoms with Crippen LogP contribution in [0.15, 0.2) is 0 Å². The van der Waals surface area contributed by atoms with Crippen LogP contribution < -0.4 is 5.32 Å². The predicted molar refractivity (Wildman–Crippen MR) is 49.4 cm³/mol. The van der Waals surface area contributed by atoms with Crippen LogP contribution in [0.5, 0.6) is 0 Å². The van der Waals surface area contributed by atoms with Crippen LogP contribution in [-0.4, -0.2) is 42.3 Å². The lowest BCUT2D eigenvalue weighted by Gasteiger charge is -2.20. The molecule has 1 N–H and O–H groups in total. The summed E-state index contributed by atoms with van der Waals surface area (Å²) < 4.78 is 23.8. The Bertz CT molecular complexity index is 252. The third-order valence-electron chi connectivity index (χ3n) is 2.35. The molecule has 15 heavy (non-hydrogen) atoms. The van der Waals surface area contributed by atoms with Crippen LogP contribution in [0.1, 0.15) is 19.8 Å². The minimum absolute atomic E-state index is 0.290. The standard InChI is InChI=1S/C9H14F2N2O2/c1-6(12-8(14)7(10)11)9(15)13-4-2-3-5-13/h6-7H,2-5H2,1H3,(H,12,14). The quantitative estimate of drug-likeness (QED) is 0.747. The first kappa shape index (κ1) is 11.9. The normalized spacial score (nSPS) is 18.0. The maximum atomic E-state index is 11.9. The van der Waals surface area contributed by atoms with E-state index in [1.807, 2.05) is 5.32 Å². The highest BCUT2D eigenvalue weighted by Crippen LogP contribution is 2.09. The molecule has 0 aromatic rings. The van der Waals surface area contributed by atoms with Gasteiger partial charge in [0.15, 0.2) is 0 Å². The summed E-state index contributed by atoms with van der Waals surface area (Å²) in [7, 11) is 0. The molecule has 4 nitrogen and oxygen atoms in total. The molecule has 86 valence electrons. The lowest BCUT2D eigenvalue weighted by Crippen LogP contribution is -2.47. The third-order valence-corrected chi connectivity index (χ3v) is 2.35. The number of nitrogens with one attached hydrogen (secondary N) is 1. The highest BCUT2D eigenvalue weighted by Gasteiger charge is 2.26. The van der Waals surface area contributed by atoms with Crippen molar-refractivity contribution in [3.8, 4) is 0 Å². The Morgan fingerprint density at radius 1 is 1.27 bits per heavy atom. The lowest BCUT2D eigenvalue weighted by atomic mass is 10.3. The van der Waals surface area contributed by atoms with Crippen LogP contribution in [0.4, 0.5) is 8.78 Å². The van der Waals surface area contributed by atoms with Crippen molar-refractivity contribution in [2.24, 2.45) is 0 Å². The average Bonchev–Trinajstić information content (AvgIpc) is 2.68. The molecule has 1 atom stereocenters. The molecule has 0 aliphatic carbocycles.